The minimum Gasteiger partial charge on any atom is -0.338 e. The number of benzene rings is 2. The highest BCUT2D eigenvalue weighted by Crippen LogP contribution is 2.19. The van der Waals surface area contributed by atoms with Gasteiger partial charge in [-0.05, 0) is 57.7 Å². The molecule has 1 aromatic heterocycles. The average Bonchev–Trinajstić information content (AvgIpc) is 2.80. The van der Waals surface area contributed by atoms with E-state index in [1.807, 2.05) is 25.1 Å². The minimum absolute atomic E-state index is 0.105. The molecule has 174 valence electrons. The molecule has 33 heavy (non-hydrogen) atoms. The van der Waals surface area contributed by atoms with Crippen molar-refractivity contribution in [1.29, 1.82) is 0 Å². The van der Waals surface area contributed by atoms with Crippen molar-refractivity contribution in [2.45, 2.75) is 19.8 Å². The van der Waals surface area contributed by atoms with Crippen LogP contribution in [-0.2, 0) is 6.42 Å². The fourth-order valence-electron chi connectivity index (χ4n) is 3.56. The number of nitrogens with one attached hydrogen (secondary N) is 2. The van der Waals surface area contributed by atoms with Crippen molar-refractivity contribution in [3.63, 3.8) is 0 Å². The Labute approximate surface area is 191 Å². The van der Waals surface area contributed by atoms with E-state index in [4.69, 9.17) is 0 Å². The molecule has 0 saturated carbocycles. The predicted molar refractivity (Wildman–Crippen MR) is 125 cm³/mol. The predicted octanol–water partition coefficient (Wildman–Crippen LogP) is 2.78. The number of hydrogen-bond acceptors (Lipinski definition) is 5. The van der Waals surface area contributed by atoms with E-state index < -0.39 is 17.8 Å². The highest BCUT2D eigenvalue weighted by Gasteiger charge is 2.24. The van der Waals surface area contributed by atoms with Gasteiger partial charge in [-0.2, -0.15) is 5.10 Å². The van der Waals surface area contributed by atoms with Crippen LogP contribution in [0.4, 0.5) is 9.18 Å². The number of aromatic nitrogens is 2. The molecule has 2 aromatic carbocycles. The van der Waals surface area contributed by atoms with E-state index >= 15 is 0 Å². The molecule has 2 N–H and O–H groups in total. The maximum atomic E-state index is 14.6. The van der Waals surface area contributed by atoms with Gasteiger partial charge in [-0.3, -0.25) is 14.5 Å². The Kier molecular flexibility index (Phi) is 7.89. The van der Waals surface area contributed by atoms with Crippen molar-refractivity contribution >= 4 is 22.7 Å². The molecule has 0 unspecified atom stereocenters. The highest BCUT2D eigenvalue weighted by molar-refractivity contribution is 6.04. The van der Waals surface area contributed by atoms with E-state index in [2.05, 4.69) is 15.5 Å². The molecule has 0 fully saturated rings. The molecule has 0 bridgehead atoms. The first kappa shape index (κ1) is 24.1. The van der Waals surface area contributed by atoms with E-state index in [0.717, 1.165) is 17.9 Å². The Hall–Kier alpha value is -3.59. The molecule has 0 atom stereocenters. The van der Waals surface area contributed by atoms with Crippen LogP contribution in [0.1, 0.15) is 35.0 Å². The molecule has 3 rings (SSSR count). The Bertz CT molecular complexity index is 1210. The normalized spacial score (nSPS) is 11.1. The first-order valence-electron chi connectivity index (χ1n) is 10.8. The third kappa shape index (κ3) is 5.81. The van der Waals surface area contributed by atoms with Crippen LogP contribution in [0.5, 0.6) is 0 Å². The monoisotopic (exact) mass is 453 g/mol. The lowest BCUT2D eigenvalue weighted by Gasteiger charge is -2.20. The lowest BCUT2D eigenvalue weighted by Crippen LogP contribution is -2.44. The quantitative estimate of drug-likeness (QED) is 0.511. The van der Waals surface area contributed by atoms with E-state index in [1.54, 1.807) is 31.2 Å². The van der Waals surface area contributed by atoms with Gasteiger partial charge in [-0.15, -0.1) is 0 Å². The van der Waals surface area contributed by atoms with Crippen molar-refractivity contribution in [3.05, 3.63) is 75.5 Å². The summed E-state index contributed by atoms with van der Waals surface area (Å²) in [5, 5.41) is 10.5. The largest absolute Gasteiger partial charge is 0.338 e. The van der Waals surface area contributed by atoms with Gasteiger partial charge in [0.2, 0.25) is 0 Å². The number of imide groups is 1. The highest BCUT2D eigenvalue weighted by atomic mass is 19.1. The summed E-state index contributed by atoms with van der Waals surface area (Å²) in [5.74, 6) is -1.41. The summed E-state index contributed by atoms with van der Waals surface area (Å²) in [4.78, 5) is 40.5. The second kappa shape index (κ2) is 10.8. The Morgan fingerprint density at radius 1 is 1.12 bits per heavy atom. The number of urea groups is 1. The number of amides is 3. The lowest BCUT2D eigenvalue weighted by molar-refractivity contribution is 0.0802. The number of H-pyrrole nitrogens is 1. The summed E-state index contributed by atoms with van der Waals surface area (Å²) < 4.78 is 14.6. The number of hydrogen-bond donors (Lipinski definition) is 2. The SMILES string of the molecule is CCN(C(=O)NCCCN(C)C)C(=O)c1cc(Cc2n[nH]c(=O)c3ccccc23)ccc1F. The molecule has 3 amide bonds. The van der Waals surface area contributed by atoms with E-state index in [0.29, 0.717) is 28.6 Å². The Balaban J connectivity index is 1.81. The van der Waals surface area contributed by atoms with Crippen molar-refractivity contribution < 1.29 is 14.0 Å². The number of fused-ring (bicyclic) bond motifs is 1. The zero-order valence-corrected chi connectivity index (χ0v) is 19.0. The lowest BCUT2D eigenvalue weighted by atomic mass is 10.0. The Morgan fingerprint density at radius 2 is 1.85 bits per heavy atom. The summed E-state index contributed by atoms with van der Waals surface area (Å²) in [5.41, 5.74) is 0.749. The molecule has 0 aliphatic heterocycles. The maximum absolute atomic E-state index is 14.6. The number of carbonyl (C=O) groups is 2. The van der Waals surface area contributed by atoms with Gasteiger partial charge in [-0.1, -0.05) is 24.3 Å². The van der Waals surface area contributed by atoms with Gasteiger partial charge in [0.15, 0.2) is 0 Å². The van der Waals surface area contributed by atoms with Crippen LogP contribution in [-0.4, -0.2) is 65.7 Å². The molecule has 1 heterocycles. The Morgan fingerprint density at radius 3 is 2.55 bits per heavy atom. The molecule has 3 aromatic rings. The summed E-state index contributed by atoms with van der Waals surface area (Å²) in [6, 6.07) is 10.7. The number of carbonyl (C=O) groups excluding carboxylic acids is 2. The van der Waals surface area contributed by atoms with Crippen molar-refractivity contribution in [1.82, 2.24) is 25.3 Å². The summed E-state index contributed by atoms with van der Waals surface area (Å²) in [6.07, 6.45) is 1.01. The third-order valence-corrected chi connectivity index (χ3v) is 5.27. The van der Waals surface area contributed by atoms with Crippen LogP contribution in [0, 0.1) is 5.82 Å². The second-order valence-electron chi connectivity index (χ2n) is 7.97. The maximum Gasteiger partial charge on any atom is 0.324 e. The third-order valence-electron chi connectivity index (χ3n) is 5.27. The summed E-state index contributed by atoms with van der Waals surface area (Å²) in [7, 11) is 3.87. The summed E-state index contributed by atoms with van der Waals surface area (Å²) in [6.45, 7) is 2.97. The van der Waals surface area contributed by atoms with E-state index in [9.17, 15) is 18.8 Å². The number of nitrogens with zero attached hydrogens (tertiary/aromatic N) is 3. The molecule has 0 aliphatic rings. The van der Waals surface area contributed by atoms with Crippen molar-refractivity contribution in [2.24, 2.45) is 0 Å². The van der Waals surface area contributed by atoms with Gasteiger partial charge in [-0.25, -0.2) is 14.3 Å². The van der Waals surface area contributed by atoms with Gasteiger partial charge >= 0.3 is 6.03 Å². The van der Waals surface area contributed by atoms with Gasteiger partial charge in [0.1, 0.15) is 5.82 Å². The molecule has 0 saturated heterocycles. The van der Waals surface area contributed by atoms with Gasteiger partial charge < -0.3 is 10.2 Å². The van der Waals surface area contributed by atoms with Crippen LogP contribution >= 0.6 is 0 Å². The first-order valence-corrected chi connectivity index (χ1v) is 10.8. The molecule has 9 heteroatoms. The smallest absolute Gasteiger partial charge is 0.324 e. The minimum atomic E-state index is -0.707. The van der Waals surface area contributed by atoms with Crippen LogP contribution in [0.25, 0.3) is 10.8 Å². The average molecular weight is 454 g/mol. The fraction of sp³-hybridized carbons (Fsp3) is 0.333. The molecule has 0 spiro atoms. The topological polar surface area (TPSA) is 98.4 Å². The first-order chi connectivity index (χ1) is 15.8. The molecule has 8 nitrogen and oxygen atoms in total. The van der Waals surface area contributed by atoms with E-state index in [-0.39, 0.29) is 24.1 Å². The molecule has 0 radical (unpaired) electrons. The van der Waals surface area contributed by atoms with Crippen LogP contribution in [0.15, 0.2) is 47.3 Å². The van der Waals surface area contributed by atoms with Crippen LogP contribution < -0.4 is 10.9 Å². The second-order valence-corrected chi connectivity index (χ2v) is 7.97. The number of rotatable bonds is 8. The van der Waals surface area contributed by atoms with Crippen LogP contribution in [0.3, 0.4) is 0 Å². The van der Waals surface area contributed by atoms with Crippen LogP contribution in [0.2, 0.25) is 0 Å². The molecular weight excluding hydrogens is 425 g/mol. The van der Waals surface area contributed by atoms with E-state index in [1.165, 1.54) is 12.1 Å². The zero-order valence-electron chi connectivity index (χ0n) is 19.0. The number of halogens is 1. The van der Waals surface area contributed by atoms with Gasteiger partial charge in [0, 0.05) is 24.9 Å². The molecular formula is C24H28FN5O3. The zero-order chi connectivity index (χ0) is 24.0. The fourth-order valence-corrected chi connectivity index (χ4v) is 3.56. The summed E-state index contributed by atoms with van der Waals surface area (Å²) >= 11 is 0. The van der Waals surface area contributed by atoms with Gasteiger partial charge in [0.25, 0.3) is 11.5 Å². The van der Waals surface area contributed by atoms with Crippen molar-refractivity contribution in [3.8, 4) is 0 Å². The molecule has 0 aliphatic carbocycles. The number of aromatic amines is 1. The van der Waals surface area contributed by atoms with Gasteiger partial charge in [0.05, 0.1) is 16.6 Å². The van der Waals surface area contributed by atoms with Crippen molar-refractivity contribution in [2.75, 3.05) is 33.7 Å². The standard InChI is InChI=1S/C24H28FN5O3/c1-4-30(24(33)26-12-7-13-29(2)3)23(32)19-14-16(10-11-20(19)25)15-21-17-8-5-6-9-18(17)22(31)28-27-21/h5-6,8-11,14H,4,7,12-13,15H2,1-3H3,(H,26,33)(H,28,31).